The molecule has 2 aromatic carbocycles. The Hall–Kier alpha value is -1.57. The lowest BCUT2D eigenvalue weighted by atomic mass is 10.0. The van der Waals surface area contributed by atoms with Gasteiger partial charge in [-0.15, -0.1) is 0 Å². The number of pyridine rings is 1. The zero-order chi connectivity index (χ0) is 13.4. The molecule has 0 aliphatic heterocycles. The van der Waals surface area contributed by atoms with Crippen LogP contribution in [0.1, 0.15) is 5.56 Å². The number of aryl methyl sites for hydroxylation is 1. The van der Waals surface area contributed by atoms with Crippen LogP contribution in [0.3, 0.4) is 0 Å². The fourth-order valence-corrected chi connectivity index (χ4v) is 2.62. The minimum atomic E-state index is 0.504. The summed E-state index contributed by atoms with van der Waals surface area (Å²) in [6.45, 7) is 2.00. The lowest BCUT2D eigenvalue weighted by Gasteiger charge is -2.09. The Morgan fingerprint density at radius 1 is 0.947 bits per heavy atom. The molecular formula is C16H11Cl2N. The van der Waals surface area contributed by atoms with E-state index in [-0.39, 0.29) is 0 Å². The third-order valence-corrected chi connectivity index (χ3v) is 3.79. The first kappa shape index (κ1) is 12.5. The highest BCUT2D eigenvalue weighted by molar-refractivity contribution is 6.36. The zero-order valence-corrected chi connectivity index (χ0v) is 11.8. The molecule has 0 saturated heterocycles. The molecule has 0 unspecified atom stereocenters. The van der Waals surface area contributed by atoms with Crippen LogP contribution in [-0.2, 0) is 0 Å². The molecule has 0 aliphatic rings. The van der Waals surface area contributed by atoms with Crippen molar-refractivity contribution in [2.24, 2.45) is 0 Å². The van der Waals surface area contributed by atoms with Gasteiger partial charge in [-0.25, -0.2) is 4.98 Å². The SMILES string of the molecule is Cc1ccc(Cl)c2cc(-c3ccccc3)c(Cl)nc12. The van der Waals surface area contributed by atoms with Crippen LogP contribution in [0.25, 0.3) is 22.0 Å². The smallest absolute Gasteiger partial charge is 0.137 e. The van der Waals surface area contributed by atoms with Gasteiger partial charge in [-0.1, -0.05) is 59.6 Å². The van der Waals surface area contributed by atoms with Crippen LogP contribution in [0, 0.1) is 6.92 Å². The molecule has 0 aliphatic carbocycles. The lowest BCUT2D eigenvalue weighted by molar-refractivity contribution is 1.36. The summed E-state index contributed by atoms with van der Waals surface area (Å²) >= 11 is 12.6. The van der Waals surface area contributed by atoms with Crippen LogP contribution >= 0.6 is 23.2 Å². The topological polar surface area (TPSA) is 12.9 Å². The Bertz CT molecular complexity index is 752. The van der Waals surface area contributed by atoms with Gasteiger partial charge in [-0.3, -0.25) is 0 Å². The summed E-state index contributed by atoms with van der Waals surface area (Å²) in [5.74, 6) is 0. The van der Waals surface area contributed by atoms with E-state index in [9.17, 15) is 0 Å². The van der Waals surface area contributed by atoms with Gasteiger partial charge in [0.25, 0.3) is 0 Å². The van der Waals surface area contributed by atoms with E-state index in [4.69, 9.17) is 23.2 Å². The minimum Gasteiger partial charge on any atom is -0.235 e. The maximum Gasteiger partial charge on any atom is 0.137 e. The molecule has 3 aromatic rings. The van der Waals surface area contributed by atoms with Crippen molar-refractivity contribution in [3.63, 3.8) is 0 Å². The van der Waals surface area contributed by atoms with Gasteiger partial charge in [0.2, 0.25) is 0 Å². The highest BCUT2D eigenvalue weighted by atomic mass is 35.5. The monoisotopic (exact) mass is 287 g/mol. The van der Waals surface area contributed by atoms with Gasteiger partial charge in [0.1, 0.15) is 5.15 Å². The predicted octanol–water partition coefficient (Wildman–Crippen LogP) is 5.52. The molecule has 3 heteroatoms. The summed E-state index contributed by atoms with van der Waals surface area (Å²) in [5.41, 5.74) is 3.87. The normalized spacial score (nSPS) is 10.9. The maximum atomic E-state index is 6.31. The third kappa shape index (κ3) is 2.20. The van der Waals surface area contributed by atoms with E-state index >= 15 is 0 Å². The molecule has 0 N–H and O–H groups in total. The number of hydrogen-bond donors (Lipinski definition) is 0. The molecule has 3 rings (SSSR count). The van der Waals surface area contributed by atoms with Gasteiger partial charge >= 0.3 is 0 Å². The van der Waals surface area contributed by atoms with Crippen LogP contribution < -0.4 is 0 Å². The Morgan fingerprint density at radius 3 is 2.42 bits per heavy atom. The van der Waals surface area contributed by atoms with Gasteiger partial charge in [-0.05, 0) is 30.2 Å². The minimum absolute atomic E-state index is 0.504. The van der Waals surface area contributed by atoms with E-state index < -0.39 is 0 Å². The molecule has 0 spiro atoms. The average molecular weight is 288 g/mol. The van der Waals surface area contributed by atoms with Crippen molar-refractivity contribution in [3.05, 3.63) is 64.3 Å². The van der Waals surface area contributed by atoms with Crippen LogP contribution in [0.4, 0.5) is 0 Å². The zero-order valence-electron chi connectivity index (χ0n) is 10.3. The van der Waals surface area contributed by atoms with Gasteiger partial charge in [-0.2, -0.15) is 0 Å². The maximum absolute atomic E-state index is 6.31. The molecule has 0 atom stereocenters. The molecular weight excluding hydrogens is 277 g/mol. The Kier molecular flexibility index (Phi) is 3.17. The molecule has 1 heterocycles. The summed E-state index contributed by atoms with van der Waals surface area (Å²) in [6, 6.07) is 15.8. The van der Waals surface area contributed by atoms with Crippen molar-refractivity contribution in [2.45, 2.75) is 6.92 Å². The van der Waals surface area contributed by atoms with E-state index in [1.165, 1.54) is 0 Å². The van der Waals surface area contributed by atoms with Crippen molar-refractivity contribution in [3.8, 4) is 11.1 Å². The number of halogens is 2. The second-order valence-corrected chi connectivity index (χ2v) is 5.22. The number of benzene rings is 2. The predicted molar refractivity (Wildman–Crippen MR) is 81.9 cm³/mol. The van der Waals surface area contributed by atoms with Gasteiger partial charge in [0.15, 0.2) is 0 Å². The largest absolute Gasteiger partial charge is 0.235 e. The highest BCUT2D eigenvalue weighted by Crippen LogP contribution is 2.33. The number of nitrogens with zero attached hydrogens (tertiary/aromatic N) is 1. The number of hydrogen-bond acceptors (Lipinski definition) is 1. The summed E-state index contributed by atoms with van der Waals surface area (Å²) in [4.78, 5) is 4.49. The summed E-state index contributed by atoms with van der Waals surface area (Å²) in [5, 5.41) is 2.14. The quantitative estimate of drug-likeness (QED) is 0.537. The molecule has 0 saturated carbocycles. The first-order valence-corrected chi connectivity index (χ1v) is 6.73. The molecule has 0 fully saturated rings. The lowest BCUT2D eigenvalue weighted by Crippen LogP contribution is -1.89. The molecule has 19 heavy (non-hydrogen) atoms. The van der Waals surface area contributed by atoms with E-state index in [1.807, 2.05) is 55.5 Å². The molecule has 0 radical (unpaired) electrons. The van der Waals surface area contributed by atoms with Crippen molar-refractivity contribution in [1.29, 1.82) is 0 Å². The van der Waals surface area contributed by atoms with Crippen molar-refractivity contribution in [2.75, 3.05) is 0 Å². The molecule has 0 bridgehead atoms. The standard InChI is InChI=1S/C16H11Cl2N/c1-10-7-8-14(17)13-9-12(16(18)19-15(10)13)11-5-3-2-4-6-11/h2-9H,1H3. The van der Waals surface area contributed by atoms with Gasteiger partial charge < -0.3 is 0 Å². The van der Waals surface area contributed by atoms with Crippen molar-refractivity contribution in [1.82, 2.24) is 4.98 Å². The number of aromatic nitrogens is 1. The Balaban J connectivity index is 2.34. The van der Waals surface area contributed by atoms with Crippen molar-refractivity contribution >= 4 is 34.1 Å². The molecule has 1 nitrogen and oxygen atoms in total. The van der Waals surface area contributed by atoms with Crippen LogP contribution in [0.5, 0.6) is 0 Å². The first-order valence-electron chi connectivity index (χ1n) is 5.97. The van der Waals surface area contributed by atoms with E-state index in [0.717, 1.165) is 27.6 Å². The first-order chi connectivity index (χ1) is 9.16. The second-order valence-electron chi connectivity index (χ2n) is 4.45. The Labute approximate surface area is 121 Å². The fraction of sp³-hybridized carbons (Fsp3) is 0.0625. The molecule has 0 amide bonds. The van der Waals surface area contributed by atoms with E-state index in [0.29, 0.717) is 10.2 Å². The fourth-order valence-electron chi connectivity index (χ4n) is 2.16. The number of rotatable bonds is 1. The van der Waals surface area contributed by atoms with Crippen LogP contribution in [0.15, 0.2) is 48.5 Å². The van der Waals surface area contributed by atoms with Crippen LogP contribution in [-0.4, -0.2) is 4.98 Å². The van der Waals surface area contributed by atoms with Crippen LogP contribution in [0.2, 0.25) is 10.2 Å². The van der Waals surface area contributed by atoms with Crippen molar-refractivity contribution < 1.29 is 0 Å². The summed E-state index contributed by atoms with van der Waals surface area (Å²) < 4.78 is 0. The van der Waals surface area contributed by atoms with Gasteiger partial charge in [0, 0.05) is 10.9 Å². The number of fused-ring (bicyclic) bond motifs is 1. The second kappa shape index (κ2) is 4.84. The average Bonchev–Trinajstić information content (AvgIpc) is 2.44. The van der Waals surface area contributed by atoms with E-state index in [1.54, 1.807) is 0 Å². The summed E-state index contributed by atoms with van der Waals surface area (Å²) in [7, 11) is 0. The molecule has 1 aromatic heterocycles. The Morgan fingerprint density at radius 2 is 1.68 bits per heavy atom. The highest BCUT2D eigenvalue weighted by Gasteiger charge is 2.10. The van der Waals surface area contributed by atoms with Gasteiger partial charge in [0.05, 0.1) is 10.5 Å². The third-order valence-electron chi connectivity index (χ3n) is 3.17. The molecule has 94 valence electrons. The van der Waals surface area contributed by atoms with E-state index in [2.05, 4.69) is 4.98 Å². The summed E-state index contributed by atoms with van der Waals surface area (Å²) in [6.07, 6.45) is 0.